The quantitative estimate of drug-likeness (QED) is 0.510. The SMILES string of the molecule is COC1=C(c2ccccc2)[C@](OC)(P(c2ccccc2)c2ccccc2)CC=C1. The third kappa shape index (κ3) is 3.67. The van der Waals surface area contributed by atoms with E-state index in [1.54, 1.807) is 7.11 Å². The Kier molecular flexibility index (Phi) is 5.94. The Morgan fingerprint density at radius 3 is 1.72 bits per heavy atom. The Labute approximate surface area is 174 Å². The molecule has 1 aliphatic rings. The Morgan fingerprint density at radius 1 is 0.724 bits per heavy atom. The lowest BCUT2D eigenvalue weighted by molar-refractivity contribution is 0.113. The maximum absolute atomic E-state index is 6.49. The number of benzene rings is 3. The number of hydrogen-bond donors (Lipinski definition) is 0. The molecule has 0 aromatic heterocycles. The van der Waals surface area contributed by atoms with Crippen LogP contribution in [0.5, 0.6) is 0 Å². The van der Waals surface area contributed by atoms with Crippen LogP contribution in [0.2, 0.25) is 0 Å². The smallest absolute Gasteiger partial charge is 0.127 e. The van der Waals surface area contributed by atoms with E-state index in [1.165, 1.54) is 10.6 Å². The Bertz CT molecular complexity index is 957. The van der Waals surface area contributed by atoms with Crippen LogP contribution in [0.25, 0.3) is 5.57 Å². The highest BCUT2D eigenvalue weighted by atomic mass is 31.1. The van der Waals surface area contributed by atoms with Gasteiger partial charge in [-0.1, -0.05) is 97.1 Å². The number of rotatable bonds is 6. The van der Waals surface area contributed by atoms with Crippen LogP contribution in [-0.2, 0) is 9.47 Å². The molecule has 0 bridgehead atoms. The van der Waals surface area contributed by atoms with E-state index in [0.717, 1.165) is 23.3 Å². The van der Waals surface area contributed by atoms with Gasteiger partial charge in [0.05, 0.1) is 7.11 Å². The summed E-state index contributed by atoms with van der Waals surface area (Å²) in [5, 5.41) is 2.05. The predicted octanol–water partition coefficient (Wildman–Crippen LogP) is 5.48. The molecule has 2 nitrogen and oxygen atoms in total. The molecule has 146 valence electrons. The molecule has 0 saturated heterocycles. The van der Waals surface area contributed by atoms with Gasteiger partial charge in [0.2, 0.25) is 0 Å². The molecule has 0 radical (unpaired) electrons. The molecule has 3 heteroatoms. The zero-order valence-corrected chi connectivity index (χ0v) is 17.7. The second kappa shape index (κ2) is 8.78. The number of ether oxygens (including phenoxy) is 2. The molecule has 0 heterocycles. The van der Waals surface area contributed by atoms with E-state index in [1.807, 2.05) is 13.2 Å². The zero-order chi connectivity index (χ0) is 20.1. The van der Waals surface area contributed by atoms with Crippen LogP contribution < -0.4 is 10.6 Å². The largest absolute Gasteiger partial charge is 0.496 e. The van der Waals surface area contributed by atoms with E-state index < -0.39 is 13.3 Å². The van der Waals surface area contributed by atoms with Crippen molar-refractivity contribution in [3.8, 4) is 0 Å². The highest BCUT2D eigenvalue weighted by molar-refractivity contribution is 7.74. The van der Waals surface area contributed by atoms with E-state index in [2.05, 4.69) is 97.1 Å². The summed E-state index contributed by atoms with van der Waals surface area (Å²) in [6, 6.07) is 31.9. The highest BCUT2D eigenvalue weighted by Crippen LogP contribution is 2.59. The van der Waals surface area contributed by atoms with Crippen LogP contribution in [0.3, 0.4) is 0 Å². The van der Waals surface area contributed by atoms with Crippen LogP contribution in [0, 0.1) is 0 Å². The number of methoxy groups -OCH3 is 2. The second-order valence-corrected chi connectivity index (χ2v) is 9.34. The van der Waals surface area contributed by atoms with Gasteiger partial charge in [0.15, 0.2) is 0 Å². The van der Waals surface area contributed by atoms with Crippen LogP contribution in [-0.4, -0.2) is 19.6 Å². The molecule has 0 fully saturated rings. The first-order valence-electron chi connectivity index (χ1n) is 9.76. The maximum Gasteiger partial charge on any atom is 0.127 e. The first kappa shape index (κ1) is 19.6. The summed E-state index contributed by atoms with van der Waals surface area (Å²) < 4.78 is 12.3. The first-order chi connectivity index (χ1) is 14.3. The summed E-state index contributed by atoms with van der Waals surface area (Å²) >= 11 is 0. The van der Waals surface area contributed by atoms with Crippen molar-refractivity contribution in [2.24, 2.45) is 0 Å². The standard InChI is InChI=1S/C26H25O2P/c1-27-24-19-12-20-26(28-2,25(24)21-13-6-3-7-14-21)29(22-15-8-4-9-16-22)23-17-10-5-11-18-23/h3-19H,20H2,1-2H3/t26-/m1/s1. The molecular formula is C26H25O2P. The Hall–Kier alpha value is -2.67. The summed E-state index contributed by atoms with van der Waals surface area (Å²) in [7, 11) is 2.71. The molecule has 1 aliphatic carbocycles. The van der Waals surface area contributed by atoms with Crippen molar-refractivity contribution in [1.82, 2.24) is 0 Å². The molecule has 0 aliphatic heterocycles. The van der Waals surface area contributed by atoms with Crippen molar-refractivity contribution in [3.05, 3.63) is 114 Å². The minimum Gasteiger partial charge on any atom is -0.496 e. The monoisotopic (exact) mass is 400 g/mol. The van der Waals surface area contributed by atoms with E-state index in [4.69, 9.17) is 9.47 Å². The zero-order valence-electron chi connectivity index (χ0n) is 16.8. The van der Waals surface area contributed by atoms with Crippen molar-refractivity contribution < 1.29 is 9.47 Å². The van der Waals surface area contributed by atoms with E-state index >= 15 is 0 Å². The van der Waals surface area contributed by atoms with Gasteiger partial charge in [-0.15, -0.1) is 0 Å². The number of hydrogen-bond acceptors (Lipinski definition) is 2. The molecule has 0 N–H and O–H groups in total. The normalized spacial score (nSPS) is 18.9. The molecular weight excluding hydrogens is 375 g/mol. The fourth-order valence-corrected chi connectivity index (χ4v) is 7.05. The molecule has 3 aromatic rings. The lowest BCUT2D eigenvalue weighted by Crippen LogP contribution is -2.39. The predicted molar refractivity (Wildman–Crippen MR) is 123 cm³/mol. The van der Waals surface area contributed by atoms with E-state index in [0.29, 0.717) is 0 Å². The summed E-state index contributed by atoms with van der Waals surface area (Å²) in [6.45, 7) is 0. The van der Waals surface area contributed by atoms with Crippen molar-refractivity contribution in [1.29, 1.82) is 0 Å². The lowest BCUT2D eigenvalue weighted by atomic mass is 9.92. The lowest BCUT2D eigenvalue weighted by Gasteiger charge is -2.44. The summed E-state index contributed by atoms with van der Waals surface area (Å²) in [4.78, 5) is 0. The fourth-order valence-electron chi connectivity index (χ4n) is 4.05. The third-order valence-electron chi connectivity index (χ3n) is 5.31. The van der Waals surface area contributed by atoms with Gasteiger partial charge in [-0.3, -0.25) is 0 Å². The topological polar surface area (TPSA) is 18.5 Å². The van der Waals surface area contributed by atoms with E-state index in [9.17, 15) is 0 Å². The summed E-state index contributed by atoms with van der Waals surface area (Å²) in [6.07, 6.45) is 5.04. The molecule has 0 amide bonds. The minimum absolute atomic E-state index is 0.528. The average Bonchev–Trinajstić information content (AvgIpc) is 2.81. The second-order valence-electron chi connectivity index (χ2n) is 6.91. The van der Waals surface area contributed by atoms with Crippen molar-refractivity contribution in [2.75, 3.05) is 14.2 Å². The van der Waals surface area contributed by atoms with Crippen molar-refractivity contribution in [3.63, 3.8) is 0 Å². The van der Waals surface area contributed by atoms with Gasteiger partial charge in [-0.2, -0.15) is 0 Å². The van der Waals surface area contributed by atoms with Gasteiger partial charge in [0.1, 0.15) is 11.1 Å². The molecule has 4 rings (SSSR count). The van der Waals surface area contributed by atoms with Gasteiger partial charge >= 0.3 is 0 Å². The Balaban J connectivity index is 2.00. The minimum atomic E-state index is -0.860. The molecule has 0 spiro atoms. The maximum atomic E-state index is 6.49. The van der Waals surface area contributed by atoms with Crippen molar-refractivity contribution >= 4 is 24.1 Å². The third-order valence-corrected chi connectivity index (χ3v) is 8.25. The molecule has 29 heavy (non-hydrogen) atoms. The average molecular weight is 400 g/mol. The van der Waals surface area contributed by atoms with Gasteiger partial charge in [0.25, 0.3) is 0 Å². The number of allylic oxidation sites excluding steroid dienone is 1. The van der Waals surface area contributed by atoms with Crippen LogP contribution in [0.1, 0.15) is 12.0 Å². The highest BCUT2D eigenvalue weighted by Gasteiger charge is 2.46. The van der Waals surface area contributed by atoms with Crippen LogP contribution in [0.4, 0.5) is 0 Å². The van der Waals surface area contributed by atoms with Gasteiger partial charge in [-0.25, -0.2) is 0 Å². The van der Waals surface area contributed by atoms with Crippen LogP contribution >= 0.6 is 7.92 Å². The van der Waals surface area contributed by atoms with Crippen molar-refractivity contribution in [2.45, 2.75) is 11.8 Å². The summed E-state index contributed by atoms with van der Waals surface area (Å²) in [5.74, 6) is 0.865. The summed E-state index contributed by atoms with van der Waals surface area (Å²) in [5.41, 5.74) is 2.25. The van der Waals surface area contributed by atoms with Gasteiger partial charge in [-0.05, 0) is 30.2 Å². The van der Waals surface area contributed by atoms with Crippen LogP contribution in [0.15, 0.2) is 109 Å². The first-order valence-corrected chi connectivity index (χ1v) is 11.1. The fraction of sp³-hybridized carbons (Fsp3) is 0.154. The molecule has 1 atom stereocenters. The van der Waals surface area contributed by atoms with Gasteiger partial charge < -0.3 is 9.47 Å². The molecule has 3 aromatic carbocycles. The molecule has 0 unspecified atom stereocenters. The van der Waals surface area contributed by atoms with E-state index in [-0.39, 0.29) is 0 Å². The Morgan fingerprint density at radius 2 is 1.24 bits per heavy atom. The molecule has 0 saturated carbocycles. The van der Waals surface area contributed by atoms with Gasteiger partial charge in [0, 0.05) is 19.1 Å².